The number of aromatic nitrogens is 2. The number of likely N-dealkylation sites (tertiary alicyclic amines) is 1. The molecular weight excluding hydrogens is 264 g/mol. The summed E-state index contributed by atoms with van der Waals surface area (Å²) in [6.07, 6.45) is 6.70. The van der Waals surface area contributed by atoms with Crippen LogP contribution in [0.25, 0.3) is 0 Å². The van der Waals surface area contributed by atoms with Gasteiger partial charge in [0.15, 0.2) is 0 Å². The van der Waals surface area contributed by atoms with Crippen molar-refractivity contribution in [3.8, 4) is 0 Å². The summed E-state index contributed by atoms with van der Waals surface area (Å²) in [5.74, 6) is 0. The van der Waals surface area contributed by atoms with E-state index in [9.17, 15) is 5.11 Å². The van der Waals surface area contributed by atoms with Crippen LogP contribution in [0.4, 0.5) is 0 Å². The van der Waals surface area contributed by atoms with E-state index in [-0.39, 0.29) is 6.61 Å². The molecule has 1 fully saturated rings. The lowest BCUT2D eigenvalue weighted by molar-refractivity contribution is 0.203. The first-order valence-electron chi connectivity index (χ1n) is 8.46. The minimum absolute atomic E-state index is 0.0494. The van der Waals surface area contributed by atoms with Gasteiger partial charge in [0, 0.05) is 32.7 Å². The summed E-state index contributed by atoms with van der Waals surface area (Å²) in [5, 5.41) is 13.7. The SMILES string of the molecule is OCc1cc2n(n1)CCCN(CCN1CCCCCC1)C2. The van der Waals surface area contributed by atoms with Crippen LogP contribution in [-0.4, -0.2) is 57.4 Å². The number of aliphatic hydroxyl groups excluding tert-OH is 1. The Labute approximate surface area is 127 Å². The van der Waals surface area contributed by atoms with Crippen molar-refractivity contribution >= 4 is 0 Å². The standard InChI is InChI=1S/C16H28N4O/c21-14-15-12-16-13-19(8-5-9-20(16)17-15)11-10-18-6-3-1-2-4-7-18/h12,21H,1-11,13-14H2. The third-order valence-corrected chi connectivity index (χ3v) is 4.74. The van der Waals surface area contributed by atoms with E-state index in [1.165, 1.54) is 51.0 Å². The molecular formula is C16H28N4O. The summed E-state index contributed by atoms with van der Waals surface area (Å²) in [4.78, 5) is 5.18. The van der Waals surface area contributed by atoms with Crippen LogP contribution in [-0.2, 0) is 19.7 Å². The van der Waals surface area contributed by atoms with E-state index in [0.717, 1.165) is 38.3 Å². The van der Waals surface area contributed by atoms with E-state index < -0.39 is 0 Å². The highest BCUT2D eigenvalue weighted by Gasteiger charge is 2.17. The Balaban J connectivity index is 1.53. The van der Waals surface area contributed by atoms with Gasteiger partial charge in [-0.15, -0.1) is 0 Å². The van der Waals surface area contributed by atoms with Gasteiger partial charge in [0.1, 0.15) is 0 Å². The quantitative estimate of drug-likeness (QED) is 0.912. The maximum Gasteiger partial charge on any atom is 0.0882 e. The fraction of sp³-hybridized carbons (Fsp3) is 0.812. The minimum atomic E-state index is 0.0494. The van der Waals surface area contributed by atoms with Gasteiger partial charge in [-0.1, -0.05) is 12.8 Å². The summed E-state index contributed by atoms with van der Waals surface area (Å²) < 4.78 is 2.08. The first-order valence-corrected chi connectivity index (χ1v) is 8.46. The Morgan fingerprint density at radius 1 is 0.905 bits per heavy atom. The van der Waals surface area contributed by atoms with E-state index in [1.54, 1.807) is 0 Å². The first kappa shape index (κ1) is 15.0. The molecule has 0 aliphatic carbocycles. The van der Waals surface area contributed by atoms with Crippen molar-refractivity contribution < 1.29 is 5.11 Å². The van der Waals surface area contributed by atoms with Crippen molar-refractivity contribution in [2.45, 2.75) is 51.8 Å². The molecule has 2 aliphatic heterocycles. The normalized spacial score (nSPS) is 21.8. The average Bonchev–Trinajstić information content (AvgIpc) is 2.69. The van der Waals surface area contributed by atoms with Gasteiger partial charge < -0.3 is 10.0 Å². The topological polar surface area (TPSA) is 44.5 Å². The van der Waals surface area contributed by atoms with Crippen LogP contribution in [0, 0.1) is 0 Å². The Bertz CT molecular complexity index is 437. The van der Waals surface area contributed by atoms with Gasteiger partial charge in [-0.25, -0.2) is 0 Å². The summed E-state index contributed by atoms with van der Waals surface area (Å²) >= 11 is 0. The van der Waals surface area contributed by atoms with Crippen LogP contribution in [0.1, 0.15) is 43.5 Å². The molecule has 0 bridgehead atoms. The molecule has 0 saturated carbocycles. The second-order valence-corrected chi connectivity index (χ2v) is 6.39. The minimum Gasteiger partial charge on any atom is -0.390 e. The molecule has 5 heteroatoms. The molecule has 0 amide bonds. The van der Waals surface area contributed by atoms with Crippen molar-refractivity contribution in [3.63, 3.8) is 0 Å². The lowest BCUT2D eigenvalue weighted by Gasteiger charge is -2.25. The number of rotatable bonds is 4. The van der Waals surface area contributed by atoms with Gasteiger partial charge in [0.05, 0.1) is 18.0 Å². The second-order valence-electron chi connectivity index (χ2n) is 6.39. The predicted molar refractivity (Wildman–Crippen MR) is 83.0 cm³/mol. The molecule has 1 N–H and O–H groups in total. The van der Waals surface area contributed by atoms with Crippen LogP contribution in [0.3, 0.4) is 0 Å². The Hall–Kier alpha value is -0.910. The van der Waals surface area contributed by atoms with Gasteiger partial charge >= 0.3 is 0 Å². The summed E-state index contributed by atoms with van der Waals surface area (Å²) in [5.41, 5.74) is 2.06. The van der Waals surface area contributed by atoms with Gasteiger partial charge in [0.2, 0.25) is 0 Å². The average molecular weight is 292 g/mol. The maximum absolute atomic E-state index is 9.23. The number of aryl methyl sites for hydroxylation is 1. The van der Waals surface area contributed by atoms with Gasteiger partial charge in [-0.2, -0.15) is 5.10 Å². The van der Waals surface area contributed by atoms with Crippen molar-refractivity contribution in [2.24, 2.45) is 0 Å². The summed E-state index contributed by atoms with van der Waals surface area (Å²) in [7, 11) is 0. The first-order chi connectivity index (χ1) is 10.3. The van der Waals surface area contributed by atoms with Gasteiger partial charge in [-0.3, -0.25) is 9.58 Å². The van der Waals surface area contributed by atoms with Gasteiger partial charge in [-0.05, 0) is 38.4 Å². The van der Waals surface area contributed by atoms with Crippen LogP contribution >= 0.6 is 0 Å². The zero-order valence-electron chi connectivity index (χ0n) is 13.0. The highest BCUT2D eigenvalue weighted by atomic mass is 16.3. The van der Waals surface area contributed by atoms with Crippen LogP contribution < -0.4 is 0 Å². The van der Waals surface area contributed by atoms with Crippen molar-refractivity contribution in [3.05, 3.63) is 17.5 Å². The summed E-state index contributed by atoms with van der Waals surface area (Å²) in [6.45, 7) is 8.07. The molecule has 1 aromatic rings. The largest absolute Gasteiger partial charge is 0.390 e. The molecule has 2 aliphatic rings. The van der Waals surface area contributed by atoms with E-state index in [2.05, 4.69) is 25.6 Å². The molecule has 0 spiro atoms. The van der Waals surface area contributed by atoms with E-state index in [1.807, 2.05) is 0 Å². The zero-order chi connectivity index (χ0) is 14.5. The van der Waals surface area contributed by atoms with E-state index in [4.69, 9.17) is 0 Å². The van der Waals surface area contributed by atoms with Crippen LogP contribution in [0.5, 0.6) is 0 Å². The maximum atomic E-state index is 9.23. The molecule has 21 heavy (non-hydrogen) atoms. The van der Waals surface area contributed by atoms with Crippen molar-refractivity contribution in [1.29, 1.82) is 0 Å². The third-order valence-electron chi connectivity index (χ3n) is 4.74. The molecule has 3 heterocycles. The fourth-order valence-electron chi connectivity index (χ4n) is 3.50. The lowest BCUT2D eigenvalue weighted by atomic mass is 10.2. The molecule has 1 saturated heterocycles. The monoisotopic (exact) mass is 292 g/mol. The lowest BCUT2D eigenvalue weighted by Crippen LogP contribution is -2.35. The Morgan fingerprint density at radius 2 is 1.62 bits per heavy atom. The summed E-state index contributed by atoms with van der Waals surface area (Å²) in [6, 6.07) is 2.06. The number of nitrogens with zero attached hydrogens (tertiary/aromatic N) is 4. The molecule has 3 rings (SSSR count). The predicted octanol–water partition coefficient (Wildman–Crippen LogP) is 1.46. The van der Waals surface area contributed by atoms with E-state index >= 15 is 0 Å². The smallest absolute Gasteiger partial charge is 0.0882 e. The number of hydrogen-bond acceptors (Lipinski definition) is 4. The third kappa shape index (κ3) is 4.05. The highest BCUT2D eigenvalue weighted by Crippen LogP contribution is 2.15. The van der Waals surface area contributed by atoms with Gasteiger partial charge in [0.25, 0.3) is 0 Å². The van der Waals surface area contributed by atoms with Crippen LogP contribution in [0.2, 0.25) is 0 Å². The number of fused-ring (bicyclic) bond motifs is 1. The second kappa shape index (κ2) is 7.38. The van der Waals surface area contributed by atoms with E-state index in [0.29, 0.717) is 0 Å². The Kier molecular flexibility index (Phi) is 5.27. The molecule has 5 nitrogen and oxygen atoms in total. The molecule has 118 valence electrons. The van der Waals surface area contributed by atoms with Crippen molar-refractivity contribution in [2.75, 3.05) is 32.7 Å². The van der Waals surface area contributed by atoms with Crippen LogP contribution in [0.15, 0.2) is 6.07 Å². The number of aliphatic hydroxyl groups is 1. The van der Waals surface area contributed by atoms with Crippen molar-refractivity contribution in [1.82, 2.24) is 19.6 Å². The number of hydrogen-bond donors (Lipinski definition) is 1. The highest BCUT2D eigenvalue weighted by molar-refractivity contribution is 5.10. The molecule has 0 radical (unpaired) electrons. The molecule has 0 unspecified atom stereocenters. The molecule has 0 atom stereocenters. The molecule has 0 aromatic carbocycles. The fourth-order valence-corrected chi connectivity index (χ4v) is 3.50. The zero-order valence-corrected chi connectivity index (χ0v) is 13.0. The Morgan fingerprint density at radius 3 is 2.38 bits per heavy atom. The molecule has 1 aromatic heterocycles.